The number of hydrogen-bond donors (Lipinski definition) is 1. The van der Waals surface area contributed by atoms with Gasteiger partial charge in [0.2, 0.25) is 5.91 Å². The quantitative estimate of drug-likeness (QED) is 0.923. The maximum absolute atomic E-state index is 12.6. The molecule has 2 fully saturated rings. The summed E-state index contributed by atoms with van der Waals surface area (Å²) >= 11 is 0. The number of aromatic amines is 1. The Kier molecular flexibility index (Phi) is 3.74. The van der Waals surface area contributed by atoms with Gasteiger partial charge in [-0.05, 0) is 30.9 Å². The lowest BCUT2D eigenvalue weighted by Gasteiger charge is -2.40. The van der Waals surface area contributed by atoms with Crippen molar-refractivity contribution in [2.75, 3.05) is 13.1 Å². The van der Waals surface area contributed by atoms with Crippen molar-refractivity contribution >= 4 is 11.8 Å². The summed E-state index contributed by atoms with van der Waals surface area (Å²) < 4.78 is 0. The van der Waals surface area contributed by atoms with E-state index >= 15 is 0 Å². The summed E-state index contributed by atoms with van der Waals surface area (Å²) in [5, 5.41) is 0. The van der Waals surface area contributed by atoms with Gasteiger partial charge in [0.15, 0.2) is 0 Å². The zero-order valence-electron chi connectivity index (χ0n) is 12.7. The van der Waals surface area contributed by atoms with E-state index in [2.05, 4.69) is 18.8 Å². The Balaban J connectivity index is 1.77. The van der Waals surface area contributed by atoms with E-state index < -0.39 is 0 Å². The van der Waals surface area contributed by atoms with Gasteiger partial charge in [0.1, 0.15) is 5.69 Å². The molecule has 0 bridgehead atoms. The molecule has 114 valence electrons. The third-order valence-corrected chi connectivity index (χ3v) is 4.54. The second kappa shape index (κ2) is 5.54. The minimum absolute atomic E-state index is 0.0614. The van der Waals surface area contributed by atoms with Gasteiger partial charge in [-0.2, -0.15) is 0 Å². The van der Waals surface area contributed by atoms with Crippen molar-refractivity contribution in [1.29, 1.82) is 0 Å². The zero-order valence-corrected chi connectivity index (χ0v) is 12.7. The number of rotatable bonds is 3. The summed E-state index contributed by atoms with van der Waals surface area (Å²) in [5.74, 6) is 0.770. The maximum Gasteiger partial charge on any atom is 0.270 e. The van der Waals surface area contributed by atoms with Crippen LogP contribution in [0.5, 0.6) is 0 Å². The van der Waals surface area contributed by atoms with Gasteiger partial charge in [-0.25, -0.2) is 0 Å². The predicted molar refractivity (Wildman–Crippen MR) is 79.8 cm³/mol. The molecule has 0 radical (unpaired) electrons. The molecule has 0 saturated carbocycles. The third kappa shape index (κ3) is 2.57. The summed E-state index contributed by atoms with van der Waals surface area (Å²) in [7, 11) is 0. The van der Waals surface area contributed by atoms with Crippen LogP contribution in [0.3, 0.4) is 0 Å². The van der Waals surface area contributed by atoms with Gasteiger partial charge < -0.3 is 14.8 Å². The normalized spacial score (nSPS) is 25.6. The largest absolute Gasteiger partial charge is 0.357 e. The first kappa shape index (κ1) is 14.2. The molecule has 5 nitrogen and oxygen atoms in total. The monoisotopic (exact) mass is 289 g/mol. The molecule has 1 aromatic rings. The SMILES string of the molecule is CC(C)CN1C(=O)CC[C@@H]2[C@H]1CCN2C(=O)c1ccc[nH]1. The Morgan fingerprint density at radius 2 is 2.19 bits per heavy atom. The second-order valence-corrected chi connectivity index (χ2v) is 6.48. The number of carbonyl (C=O) groups excluding carboxylic acids is 2. The number of piperidine rings is 1. The molecule has 2 aliphatic rings. The molecule has 2 saturated heterocycles. The molecule has 3 heterocycles. The highest BCUT2D eigenvalue weighted by molar-refractivity contribution is 5.93. The Labute approximate surface area is 125 Å². The first-order chi connectivity index (χ1) is 10.1. The number of H-pyrrole nitrogens is 1. The molecule has 2 amide bonds. The van der Waals surface area contributed by atoms with Crippen molar-refractivity contribution in [2.24, 2.45) is 5.92 Å². The number of aromatic nitrogens is 1. The highest BCUT2D eigenvalue weighted by Gasteiger charge is 2.45. The highest BCUT2D eigenvalue weighted by Crippen LogP contribution is 2.32. The molecule has 5 heteroatoms. The van der Waals surface area contributed by atoms with Crippen LogP contribution in [0.2, 0.25) is 0 Å². The molecule has 0 aromatic carbocycles. The van der Waals surface area contributed by atoms with Crippen molar-refractivity contribution < 1.29 is 9.59 Å². The van der Waals surface area contributed by atoms with Crippen molar-refractivity contribution in [1.82, 2.24) is 14.8 Å². The van der Waals surface area contributed by atoms with Gasteiger partial charge in [0.05, 0.1) is 12.1 Å². The van der Waals surface area contributed by atoms with E-state index in [-0.39, 0.29) is 23.9 Å². The van der Waals surface area contributed by atoms with E-state index in [0.717, 1.165) is 25.9 Å². The van der Waals surface area contributed by atoms with Crippen LogP contribution < -0.4 is 0 Å². The first-order valence-corrected chi connectivity index (χ1v) is 7.81. The Morgan fingerprint density at radius 1 is 1.38 bits per heavy atom. The molecule has 3 rings (SSSR count). The number of nitrogens with one attached hydrogen (secondary N) is 1. The second-order valence-electron chi connectivity index (χ2n) is 6.48. The Bertz CT molecular complexity index is 524. The van der Waals surface area contributed by atoms with E-state index in [0.29, 0.717) is 18.0 Å². The minimum atomic E-state index is 0.0614. The van der Waals surface area contributed by atoms with Gasteiger partial charge in [0, 0.05) is 25.7 Å². The molecule has 21 heavy (non-hydrogen) atoms. The average Bonchev–Trinajstić information content (AvgIpc) is 3.09. The summed E-state index contributed by atoms with van der Waals surface area (Å²) in [4.78, 5) is 31.7. The van der Waals surface area contributed by atoms with Gasteiger partial charge in [-0.15, -0.1) is 0 Å². The number of hydrogen-bond acceptors (Lipinski definition) is 2. The fourth-order valence-corrected chi connectivity index (χ4v) is 3.65. The van der Waals surface area contributed by atoms with Gasteiger partial charge in [-0.3, -0.25) is 9.59 Å². The van der Waals surface area contributed by atoms with Crippen LogP contribution in [0.4, 0.5) is 0 Å². The highest BCUT2D eigenvalue weighted by atomic mass is 16.2. The lowest BCUT2D eigenvalue weighted by Crippen LogP contribution is -2.54. The van der Waals surface area contributed by atoms with Crippen LogP contribution in [0.15, 0.2) is 18.3 Å². The molecule has 1 N–H and O–H groups in total. The smallest absolute Gasteiger partial charge is 0.270 e. The first-order valence-electron chi connectivity index (χ1n) is 7.81. The van der Waals surface area contributed by atoms with Gasteiger partial charge in [-0.1, -0.05) is 13.8 Å². The van der Waals surface area contributed by atoms with E-state index in [1.54, 1.807) is 6.20 Å². The standard InChI is InChI=1S/C16H23N3O2/c1-11(2)10-19-14-7-9-18(13(14)5-6-15(19)20)16(21)12-4-3-8-17-12/h3-4,8,11,13-14,17H,5-7,9-10H2,1-2H3/t13-,14-/m1/s1. The lowest BCUT2D eigenvalue weighted by atomic mass is 9.95. The van der Waals surface area contributed by atoms with Crippen molar-refractivity contribution in [3.63, 3.8) is 0 Å². The van der Waals surface area contributed by atoms with Crippen molar-refractivity contribution in [3.05, 3.63) is 24.0 Å². The number of fused-ring (bicyclic) bond motifs is 1. The fraction of sp³-hybridized carbons (Fsp3) is 0.625. The molecule has 1 aromatic heterocycles. The van der Waals surface area contributed by atoms with Gasteiger partial charge >= 0.3 is 0 Å². The molecule has 0 unspecified atom stereocenters. The van der Waals surface area contributed by atoms with Crippen molar-refractivity contribution in [3.8, 4) is 0 Å². The summed E-state index contributed by atoms with van der Waals surface area (Å²) in [6.07, 6.45) is 4.03. The molecular weight excluding hydrogens is 266 g/mol. The third-order valence-electron chi connectivity index (χ3n) is 4.54. The molecular formula is C16H23N3O2. The molecule has 0 spiro atoms. The van der Waals surface area contributed by atoms with Crippen LogP contribution >= 0.6 is 0 Å². The van der Waals surface area contributed by atoms with Crippen LogP contribution in [0, 0.1) is 5.92 Å². The average molecular weight is 289 g/mol. The number of nitrogens with zero attached hydrogens (tertiary/aromatic N) is 2. The van der Waals surface area contributed by atoms with Crippen LogP contribution in [0.1, 0.15) is 43.6 Å². The topological polar surface area (TPSA) is 56.4 Å². The number of amides is 2. The minimum Gasteiger partial charge on any atom is -0.357 e. The van der Waals surface area contributed by atoms with E-state index in [1.807, 2.05) is 21.9 Å². The number of carbonyl (C=O) groups is 2. The van der Waals surface area contributed by atoms with Crippen molar-refractivity contribution in [2.45, 2.75) is 45.2 Å². The van der Waals surface area contributed by atoms with Crippen LogP contribution in [-0.2, 0) is 4.79 Å². The Hall–Kier alpha value is -1.78. The van der Waals surface area contributed by atoms with E-state index in [1.165, 1.54) is 0 Å². The zero-order chi connectivity index (χ0) is 15.0. The predicted octanol–water partition coefficient (Wildman–Crippen LogP) is 1.88. The van der Waals surface area contributed by atoms with Crippen LogP contribution in [0.25, 0.3) is 0 Å². The van der Waals surface area contributed by atoms with Crippen LogP contribution in [-0.4, -0.2) is 51.8 Å². The maximum atomic E-state index is 12.6. The summed E-state index contributed by atoms with van der Waals surface area (Å²) in [6.45, 7) is 5.81. The summed E-state index contributed by atoms with van der Waals surface area (Å²) in [5.41, 5.74) is 0.642. The lowest BCUT2D eigenvalue weighted by molar-refractivity contribution is -0.138. The van der Waals surface area contributed by atoms with E-state index in [4.69, 9.17) is 0 Å². The fourth-order valence-electron chi connectivity index (χ4n) is 3.65. The summed E-state index contributed by atoms with van der Waals surface area (Å²) in [6, 6.07) is 4.04. The number of likely N-dealkylation sites (tertiary alicyclic amines) is 2. The van der Waals surface area contributed by atoms with Gasteiger partial charge in [0.25, 0.3) is 5.91 Å². The van der Waals surface area contributed by atoms with E-state index in [9.17, 15) is 9.59 Å². The molecule has 2 aliphatic heterocycles. The Morgan fingerprint density at radius 3 is 2.86 bits per heavy atom. The molecule has 2 atom stereocenters. The molecule has 0 aliphatic carbocycles.